The van der Waals surface area contributed by atoms with Crippen LogP contribution in [-0.2, 0) is 6.54 Å². The van der Waals surface area contributed by atoms with Gasteiger partial charge in [-0.25, -0.2) is 0 Å². The molecule has 2 heteroatoms. The van der Waals surface area contributed by atoms with Crippen LogP contribution in [0.4, 0.5) is 5.69 Å². The summed E-state index contributed by atoms with van der Waals surface area (Å²) in [7, 11) is 0. The first-order valence-electron chi connectivity index (χ1n) is 7.14. The highest BCUT2D eigenvalue weighted by atomic mass is 15.1. The SMILES string of the molecule is Cc1cc(N2CCC(C)C2)ccc1CNC(C)C. The van der Waals surface area contributed by atoms with E-state index in [2.05, 4.69) is 56.1 Å². The van der Waals surface area contributed by atoms with Gasteiger partial charge in [0, 0.05) is 31.4 Å². The molecule has 1 aliphatic rings. The number of hydrogen-bond donors (Lipinski definition) is 1. The highest BCUT2D eigenvalue weighted by molar-refractivity contribution is 5.51. The van der Waals surface area contributed by atoms with Crippen LogP contribution < -0.4 is 10.2 Å². The van der Waals surface area contributed by atoms with Crippen molar-refractivity contribution in [1.82, 2.24) is 5.32 Å². The standard InChI is InChI=1S/C16H26N2/c1-12(2)17-10-15-5-6-16(9-14(15)4)18-8-7-13(3)11-18/h5-6,9,12-13,17H,7-8,10-11H2,1-4H3. The smallest absolute Gasteiger partial charge is 0.0369 e. The van der Waals surface area contributed by atoms with Crippen molar-refractivity contribution in [3.8, 4) is 0 Å². The maximum Gasteiger partial charge on any atom is 0.0369 e. The van der Waals surface area contributed by atoms with Crippen LogP contribution in [0.2, 0.25) is 0 Å². The van der Waals surface area contributed by atoms with E-state index < -0.39 is 0 Å². The number of anilines is 1. The predicted octanol–water partition coefficient (Wildman–Crippen LogP) is 3.34. The number of aryl methyl sites for hydroxylation is 1. The number of nitrogens with zero attached hydrogens (tertiary/aromatic N) is 1. The molecule has 0 amide bonds. The Morgan fingerprint density at radius 2 is 2.17 bits per heavy atom. The van der Waals surface area contributed by atoms with Crippen LogP contribution >= 0.6 is 0 Å². The van der Waals surface area contributed by atoms with E-state index in [4.69, 9.17) is 0 Å². The lowest BCUT2D eigenvalue weighted by atomic mass is 10.1. The molecule has 1 unspecified atom stereocenters. The van der Waals surface area contributed by atoms with Gasteiger partial charge in [0.25, 0.3) is 0 Å². The second-order valence-corrected chi connectivity index (χ2v) is 5.99. The first kappa shape index (κ1) is 13.4. The van der Waals surface area contributed by atoms with Gasteiger partial charge in [-0.05, 0) is 42.5 Å². The largest absolute Gasteiger partial charge is 0.371 e. The van der Waals surface area contributed by atoms with E-state index in [1.165, 1.54) is 36.3 Å². The van der Waals surface area contributed by atoms with Crippen molar-refractivity contribution in [3.05, 3.63) is 29.3 Å². The Bertz CT molecular complexity index is 398. The van der Waals surface area contributed by atoms with Gasteiger partial charge < -0.3 is 10.2 Å². The molecule has 1 aliphatic heterocycles. The van der Waals surface area contributed by atoms with E-state index >= 15 is 0 Å². The van der Waals surface area contributed by atoms with Gasteiger partial charge in [0.2, 0.25) is 0 Å². The summed E-state index contributed by atoms with van der Waals surface area (Å²) in [5.41, 5.74) is 4.21. The summed E-state index contributed by atoms with van der Waals surface area (Å²) >= 11 is 0. The van der Waals surface area contributed by atoms with E-state index in [1.807, 2.05) is 0 Å². The van der Waals surface area contributed by atoms with Crippen molar-refractivity contribution in [3.63, 3.8) is 0 Å². The molecule has 1 N–H and O–H groups in total. The van der Waals surface area contributed by atoms with Crippen LogP contribution in [0.5, 0.6) is 0 Å². The maximum absolute atomic E-state index is 3.49. The molecule has 0 aliphatic carbocycles. The van der Waals surface area contributed by atoms with Gasteiger partial charge in [-0.3, -0.25) is 0 Å². The molecule has 18 heavy (non-hydrogen) atoms. The second kappa shape index (κ2) is 5.75. The molecule has 2 rings (SSSR count). The fourth-order valence-corrected chi connectivity index (χ4v) is 2.56. The number of nitrogens with one attached hydrogen (secondary N) is 1. The number of hydrogen-bond acceptors (Lipinski definition) is 2. The highest BCUT2D eigenvalue weighted by Crippen LogP contribution is 2.25. The normalized spacial score (nSPS) is 19.8. The third-order valence-corrected chi connectivity index (χ3v) is 3.82. The van der Waals surface area contributed by atoms with Crippen LogP contribution in [0.1, 0.15) is 38.3 Å². The Balaban J connectivity index is 2.05. The summed E-state index contributed by atoms with van der Waals surface area (Å²) in [5.74, 6) is 0.840. The molecule has 2 nitrogen and oxygen atoms in total. The van der Waals surface area contributed by atoms with Crippen LogP contribution in [0.15, 0.2) is 18.2 Å². The molecule has 1 saturated heterocycles. The summed E-state index contributed by atoms with van der Waals surface area (Å²) in [4.78, 5) is 2.51. The lowest BCUT2D eigenvalue weighted by Crippen LogP contribution is -2.23. The zero-order chi connectivity index (χ0) is 13.1. The average Bonchev–Trinajstić information content (AvgIpc) is 2.74. The maximum atomic E-state index is 3.49. The second-order valence-electron chi connectivity index (χ2n) is 5.99. The van der Waals surface area contributed by atoms with Gasteiger partial charge in [-0.1, -0.05) is 26.8 Å². The van der Waals surface area contributed by atoms with Crippen LogP contribution in [0, 0.1) is 12.8 Å². The number of rotatable bonds is 4. The Labute approximate surface area is 111 Å². The summed E-state index contributed by atoms with van der Waals surface area (Å²) in [5, 5.41) is 3.49. The van der Waals surface area contributed by atoms with Crippen LogP contribution in [-0.4, -0.2) is 19.1 Å². The fraction of sp³-hybridized carbons (Fsp3) is 0.625. The van der Waals surface area contributed by atoms with Crippen molar-refractivity contribution in [1.29, 1.82) is 0 Å². The average molecular weight is 246 g/mol. The lowest BCUT2D eigenvalue weighted by molar-refractivity contribution is 0.587. The first-order valence-corrected chi connectivity index (χ1v) is 7.14. The van der Waals surface area contributed by atoms with E-state index in [1.54, 1.807) is 0 Å². The minimum atomic E-state index is 0.545. The molecule has 0 radical (unpaired) electrons. The third kappa shape index (κ3) is 3.26. The van der Waals surface area contributed by atoms with Gasteiger partial charge in [0.05, 0.1) is 0 Å². The molecule has 1 heterocycles. The predicted molar refractivity (Wildman–Crippen MR) is 79.1 cm³/mol. The summed E-state index contributed by atoms with van der Waals surface area (Å²) < 4.78 is 0. The number of benzene rings is 1. The topological polar surface area (TPSA) is 15.3 Å². The van der Waals surface area contributed by atoms with Crippen molar-refractivity contribution in [2.75, 3.05) is 18.0 Å². The lowest BCUT2D eigenvalue weighted by Gasteiger charge is -2.20. The fourth-order valence-electron chi connectivity index (χ4n) is 2.56. The van der Waals surface area contributed by atoms with Crippen molar-refractivity contribution < 1.29 is 0 Å². The molecule has 1 aromatic carbocycles. The van der Waals surface area contributed by atoms with Gasteiger partial charge >= 0.3 is 0 Å². The molecule has 0 saturated carbocycles. The molecule has 0 spiro atoms. The van der Waals surface area contributed by atoms with Crippen molar-refractivity contribution in [2.24, 2.45) is 5.92 Å². The van der Waals surface area contributed by atoms with Gasteiger partial charge in [-0.15, -0.1) is 0 Å². The molecule has 1 fully saturated rings. The quantitative estimate of drug-likeness (QED) is 0.876. The third-order valence-electron chi connectivity index (χ3n) is 3.82. The zero-order valence-corrected chi connectivity index (χ0v) is 12.2. The minimum Gasteiger partial charge on any atom is -0.371 e. The van der Waals surface area contributed by atoms with Crippen LogP contribution in [0.25, 0.3) is 0 Å². The monoisotopic (exact) mass is 246 g/mol. The molecule has 1 atom stereocenters. The molecule has 0 aromatic heterocycles. The van der Waals surface area contributed by atoms with Crippen LogP contribution in [0.3, 0.4) is 0 Å². The van der Waals surface area contributed by atoms with Crippen molar-refractivity contribution >= 4 is 5.69 Å². The van der Waals surface area contributed by atoms with E-state index in [0.29, 0.717) is 6.04 Å². The molecular formula is C16H26N2. The Hall–Kier alpha value is -1.02. The van der Waals surface area contributed by atoms with E-state index in [0.717, 1.165) is 12.5 Å². The highest BCUT2D eigenvalue weighted by Gasteiger charge is 2.19. The molecule has 100 valence electrons. The summed E-state index contributed by atoms with van der Waals surface area (Å²) in [6.45, 7) is 12.3. The van der Waals surface area contributed by atoms with Gasteiger partial charge in [0.15, 0.2) is 0 Å². The zero-order valence-electron chi connectivity index (χ0n) is 12.2. The van der Waals surface area contributed by atoms with Gasteiger partial charge in [0.1, 0.15) is 0 Å². The van der Waals surface area contributed by atoms with E-state index in [9.17, 15) is 0 Å². The summed E-state index contributed by atoms with van der Waals surface area (Å²) in [6, 6.07) is 7.45. The van der Waals surface area contributed by atoms with Gasteiger partial charge in [-0.2, -0.15) is 0 Å². The Morgan fingerprint density at radius 3 is 2.72 bits per heavy atom. The molecular weight excluding hydrogens is 220 g/mol. The molecule has 1 aromatic rings. The molecule has 0 bridgehead atoms. The summed E-state index contributed by atoms with van der Waals surface area (Å²) in [6.07, 6.45) is 1.33. The van der Waals surface area contributed by atoms with Crippen molar-refractivity contribution in [2.45, 2.75) is 46.7 Å². The van der Waals surface area contributed by atoms with E-state index in [-0.39, 0.29) is 0 Å². The Kier molecular flexibility index (Phi) is 4.28. The minimum absolute atomic E-state index is 0.545. The first-order chi connectivity index (χ1) is 8.56. The Morgan fingerprint density at radius 1 is 1.39 bits per heavy atom.